The van der Waals surface area contributed by atoms with Gasteiger partial charge in [-0.15, -0.1) is 0 Å². The summed E-state index contributed by atoms with van der Waals surface area (Å²) in [6.45, 7) is 4.56. The summed E-state index contributed by atoms with van der Waals surface area (Å²) in [5.74, 6) is 0.278. The van der Waals surface area contributed by atoms with Gasteiger partial charge in [0.15, 0.2) is 5.75 Å². The molecule has 1 aromatic rings. The molecular weight excluding hydrogens is 312 g/mol. The molecule has 0 aliphatic heterocycles. The Morgan fingerprint density at radius 2 is 2.32 bits per heavy atom. The SMILES string of the molecule is C=C(Br)COc1cc(CNC2CC2)ccc1[N+](=O)[O-]. The lowest BCUT2D eigenvalue weighted by Crippen LogP contribution is -2.15. The van der Waals surface area contributed by atoms with E-state index in [-0.39, 0.29) is 18.0 Å². The van der Waals surface area contributed by atoms with Crippen LogP contribution in [-0.2, 0) is 6.54 Å². The maximum Gasteiger partial charge on any atom is 0.310 e. The highest BCUT2D eigenvalue weighted by Crippen LogP contribution is 2.29. The highest BCUT2D eigenvalue weighted by molar-refractivity contribution is 9.11. The van der Waals surface area contributed by atoms with Gasteiger partial charge in [0.2, 0.25) is 0 Å². The first-order valence-electron chi connectivity index (χ1n) is 6.03. The first kappa shape index (κ1) is 14.0. The van der Waals surface area contributed by atoms with Gasteiger partial charge >= 0.3 is 5.69 Å². The van der Waals surface area contributed by atoms with E-state index in [9.17, 15) is 10.1 Å². The van der Waals surface area contributed by atoms with E-state index >= 15 is 0 Å². The lowest BCUT2D eigenvalue weighted by Gasteiger charge is -2.09. The first-order valence-corrected chi connectivity index (χ1v) is 6.82. The van der Waals surface area contributed by atoms with E-state index in [1.54, 1.807) is 12.1 Å². The number of halogens is 1. The van der Waals surface area contributed by atoms with Crippen molar-refractivity contribution in [3.8, 4) is 5.75 Å². The molecule has 19 heavy (non-hydrogen) atoms. The molecule has 0 radical (unpaired) electrons. The average Bonchev–Trinajstić information content (AvgIpc) is 3.17. The summed E-state index contributed by atoms with van der Waals surface area (Å²) in [6, 6.07) is 5.55. The Hall–Kier alpha value is -1.40. The lowest BCUT2D eigenvalue weighted by atomic mass is 10.2. The fourth-order valence-corrected chi connectivity index (χ4v) is 1.76. The highest BCUT2D eigenvalue weighted by atomic mass is 79.9. The molecule has 0 spiro atoms. The molecule has 5 nitrogen and oxygen atoms in total. The minimum Gasteiger partial charge on any atom is -0.481 e. The Morgan fingerprint density at radius 3 is 2.89 bits per heavy atom. The number of nitrogens with zero attached hydrogens (tertiary/aromatic N) is 1. The zero-order valence-electron chi connectivity index (χ0n) is 10.4. The molecule has 1 fully saturated rings. The average molecular weight is 327 g/mol. The molecule has 0 unspecified atom stereocenters. The fraction of sp³-hybridized carbons (Fsp3) is 0.385. The molecule has 0 heterocycles. The van der Waals surface area contributed by atoms with Gasteiger partial charge in [-0.3, -0.25) is 10.1 Å². The summed E-state index contributed by atoms with van der Waals surface area (Å²) < 4.78 is 6.05. The van der Waals surface area contributed by atoms with Crippen LogP contribution in [0.5, 0.6) is 5.75 Å². The second-order valence-corrected chi connectivity index (χ2v) is 5.64. The predicted octanol–water partition coefficient (Wildman–Crippen LogP) is 3.13. The van der Waals surface area contributed by atoms with Gasteiger partial charge in [-0.05, 0) is 24.5 Å². The summed E-state index contributed by atoms with van der Waals surface area (Å²) in [6.07, 6.45) is 2.42. The van der Waals surface area contributed by atoms with Crippen molar-refractivity contribution in [3.05, 3.63) is 44.9 Å². The Morgan fingerprint density at radius 1 is 1.58 bits per heavy atom. The summed E-state index contributed by atoms with van der Waals surface area (Å²) in [5, 5.41) is 14.3. The van der Waals surface area contributed by atoms with Gasteiger partial charge in [0.25, 0.3) is 0 Å². The Labute approximate surface area is 119 Å². The Kier molecular flexibility index (Phi) is 4.55. The van der Waals surface area contributed by atoms with Crippen LogP contribution >= 0.6 is 15.9 Å². The van der Waals surface area contributed by atoms with Crippen LogP contribution in [0, 0.1) is 10.1 Å². The van der Waals surface area contributed by atoms with E-state index in [0.29, 0.717) is 17.1 Å². The Balaban J connectivity index is 2.10. The number of benzene rings is 1. The first-order chi connectivity index (χ1) is 9.06. The van der Waals surface area contributed by atoms with Gasteiger partial charge in [-0.25, -0.2) is 0 Å². The lowest BCUT2D eigenvalue weighted by molar-refractivity contribution is -0.385. The number of rotatable bonds is 7. The zero-order valence-corrected chi connectivity index (χ0v) is 12.0. The number of hydrogen-bond donors (Lipinski definition) is 1. The normalized spacial score (nSPS) is 14.2. The van der Waals surface area contributed by atoms with Crippen LogP contribution in [0.1, 0.15) is 18.4 Å². The second-order valence-electron chi connectivity index (χ2n) is 4.52. The van der Waals surface area contributed by atoms with Gasteiger partial charge in [0.05, 0.1) is 4.92 Å². The molecular formula is C13H15BrN2O3. The van der Waals surface area contributed by atoms with Gasteiger partial charge in [0.1, 0.15) is 6.61 Å². The molecule has 1 aliphatic rings. The molecule has 6 heteroatoms. The van der Waals surface area contributed by atoms with Crippen LogP contribution in [0.25, 0.3) is 0 Å². The highest BCUT2D eigenvalue weighted by Gasteiger charge is 2.21. The van der Waals surface area contributed by atoms with Crippen molar-refractivity contribution in [2.75, 3.05) is 6.61 Å². The number of hydrogen-bond acceptors (Lipinski definition) is 4. The zero-order chi connectivity index (χ0) is 13.8. The van der Waals surface area contributed by atoms with Crippen molar-refractivity contribution in [3.63, 3.8) is 0 Å². The molecule has 1 aliphatic carbocycles. The molecule has 2 rings (SSSR count). The van der Waals surface area contributed by atoms with Crippen LogP contribution in [0.4, 0.5) is 5.69 Å². The summed E-state index contributed by atoms with van der Waals surface area (Å²) in [5.41, 5.74) is 0.955. The van der Waals surface area contributed by atoms with Crippen LogP contribution in [0.15, 0.2) is 29.3 Å². The van der Waals surface area contributed by atoms with Crippen molar-refractivity contribution >= 4 is 21.6 Å². The van der Waals surface area contributed by atoms with Crippen molar-refractivity contribution in [2.45, 2.75) is 25.4 Å². The maximum absolute atomic E-state index is 10.9. The van der Waals surface area contributed by atoms with E-state index in [4.69, 9.17) is 4.74 Å². The number of nitro groups is 1. The van der Waals surface area contributed by atoms with Crippen molar-refractivity contribution < 1.29 is 9.66 Å². The van der Waals surface area contributed by atoms with Crippen molar-refractivity contribution in [2.24, 2.45) is 0 Å². The summed E-state index contributed by atoms with van der Waals surface area (Å²) in [7, 11) is 0. The van der Waals surface area contributed by atoms with Crippen molar-refractivity contribution in [1.82, 2.24) is 5.32 Å². The molecule has 0 atom stereocenters. The molecule has 0 bridgehead atoms. The van der Waals surface area contributed by atoms with Gasteiger partial charge in [0, 0.05) is 23.1 Å². The van der Waals surface area contributed by atoms with E-state index in [1.165, 1.54) is 18.9 Å². The van der Waals surface area contributed by atoms with Crippen LogP contribution < -0.4 is 10.1 Å². The standard InChI is InChI=1S/C13H15BrN2O3/c1-9(14)8-19-13-6-10(7-15-11-3-4-11)2-5-12(13)16(17)18/h2,5-6,11,15H,1,3-4,7-8H2. The molecule has 102 valence electrons. The third-order valence-electron chi connectivity index (χ3n) is 2.78. The van der Waals surface area contributed by atoms with Gasteiger partial charge in [-0.1, -0.05) is 28.6 Å². The van der Waals surface area contributed by atoms with Gasteiger partial charge in [-0.2, -0.15) is 0 Å². The summed E-state index contributed by atoms with van der Waals surface area (Å²) in [4.78, 5) is 10.5. The molecule has 1 saturated carbocycles. The van der Waals surface area contributed by atoms with Crippen molar-refractivity contribution in [1.29, 1.82) is 0 Å². The second kappa shape index (κ2) is 6.16. The molecule has 1 aromatic carbocycles. The van der Waals surface area contributed by atoms with E-state index in [2.05, 4.69) is 27.8 Å². The molecule has 1 N–H and O–H groups in total. The monoisotopic (exact) mass is 326 g/mol. The Bertz CT molecular complexity index is 501. The third-order valence-corrected chi connectivity index (χ3v) is 3.01. The minimum atomic E-state index is -0.440. The predicted molar refractivity (Wildman–Crippen MR) is 76.5 cm³/mol. The summed E-state index contributed by atoms with van der Waals surface area (Å²) >= 11 is 3.17. The smallest absolute Gasteiger partial charge is 0.310 e. The maximum atomic E-state index is 10.9. The minimum absolute atomic E-state index is 0.0241. The van der Waals surface area contributed by atoms with Crippen LogP contribution in [0.3, 0.4) is 0 Å². The quantitative estimate of drug-likeness (QED) is 0.617. The van der Waals surface area contributed by atoms with Crippen LogP contribution in [0.2, 0.25) is 0 Å². The number of nitrogens with one attached hydrogen (secondary N) is 1. The topological polar surface area (TPSA) is 64.4 Å². The van der Waals surface area contributed by atoms with Gasteiger partial charge < -0.3 is 10.1 Å². The molecule has 0 amide bonds. The molecule has 0 aromatic heterocycles. The largest absolute Gasteiger partial charge is 0.481 e. The number of nitro benzene ring substituents is 1. The fourth-order valence-electron chi connectivity index (χ4n) is 1.64. The van der Waals surface area contributed by atoms with Crippen LogP contribution in [-0.4, -0.2) is 17.6 Å². The third kappa shape index (κ3) is 4.33. The van der Waals surface area contributed by atoms with E-state index in [1.807, 2.05) is 0 Å². The number of ether oxygens (including phenoxy) is 1. The van der Waals surface area contributed by atoms with E-state index in [0.717, 1.165) is 5.56 Å². The molecule has 0 saturated heterocycles. The van der Waals surface area contributed by atoms with E-state index < -0.39 is 4.92 Å².